The van der Waals surface area contributed by atoms with Gasteiger partial charge in [0.2, 0.25) is 10.0 Å². The molecule has 2 heterocycles. The van der Waals surface area contributed by atoms with E-state index in [4.69, 9.17) is 21.1 Å². The minimum Gasteiger partial charge on any atom is -0.490 e. The maximum absolute atomic E-state index is 13.7. The number of ether oxygens (including phenoxy) is 2. The number of nitrogens with one attached hydrogen (secondary N) is 1. The van der Waals surface area contributed by atoms with E-state index in [1.54, 1.807) is 24.3 Å². The number of rotatable bonds is 14. The number of carbonyl (C=O) groups is 1. The number of fused-ring (bicyclic) bond motifs is 3. The van der Waals surface area contributed by atoms with Crippen molar-refractivity contribution in [2.24, 2.45) is 11.8 Å². The molecule has 4 aliphatic rings. The molecule has 1 saturated carbocycles. The van der Waals surface area contributed by atoms with Gasteiger partial charge in [0, 0.05) is 35.7 Å². The van der Waals surface area contributed by atoms with Gasteiger partial charge in [-0.3, -0.25) is 4.79 Å². The monoisotopic (exact) mass is 724 g/mol. The average Bonchev–Trinajstić information content (AvgIpc) is 3.55. The zero-order valence-electron chi connectivity index (χ0n) is 29.3. The number of halogens is 1. The van der Waals surface area contributed by atoms with Crippen LogP contribution in [0.4, 0.5) is 5.69 Å². The third-order valence-corrected chi connectivity index (χ3v) is 13.4. The van der Waals surface area contributed by atoms with E-state index in [2.05, 4.69) is 41.3 Å². The molecule has 2 N–H and O–H groups in total. The average molecular weight is 725 g/mol. The molecule has 50 heavy (non-hydrogen) atoms. The molecule has 1 saturated heterocycles. The molecular formula is C40H53ClN2O6S. The summed E-state index contributed by atoms with van der Waals surface area (Å²) < 4.78 is 42.1. The van der Waals surface area contributed by atoms with Crippen LogP contribution in [0, 0.1) is 11.8 Å². The first-order valence-corrected chi connectivity index (χ1v) is 20.5. The first-order chi connectivity index (χ1) is 24.1. The fraction of sp³-hybridized carbons (Fsp3) is 0.575. The first kappa shape index (κ1) is 36.9. The number of anilines is 1. The Morgan fingerprint density at radius 3 is 2.78 bits per heavy atom. The van der Waals surface area contributed by atoms with Crippen LogP contribution in [-0.4, -0.2) is 63.2 Å². The molecule has 0 aromatic heterocycles. The van der Waals surface area contributed by atoms with E-state index in [0.717, 1.165) is 68.5 Å². The molecule has 6 rings (SSSR count). The van der Waals surface area contributed by atoms with Gasteiger partial charge in [-0.05, 0) is 124 Å². The van der Waals surface area contributed by atoms with Gasteiger partial charge in [-0.2, -0.15) is 0 Å². The second-order valence-corrected chi connectivity index (χ2v) is 17.2. The number of nitrogens with zero attached hydrogens (tertiary/aromatic N) is 1. The van der Waals surface area contributed by atoms with Crippen LogP contribution in [0.5, 0.6) is 5.75 Å². The van der Waals surface area contributed by atoms with Gasteiger partial charge >= 0.3 is 0 Å². The number of aliphatic hydroxyl groups excluding tert-OH is 1. The highest BCUT2D eigenvalue weighted by atomic mass is 35.5. The number of hydrogen-bond acceptors (Lipinski definition) is 7. The van der Waals surface area contributed by atoms with Crippen molar-refractivity contribution < 1.29 is 27.8 Å². The number of hydrogen-bond donors (Lipinski definition) is 2. The summed E-state index contributed by atoms with van der Waals surface area (Å²) in [5.41, 5.74) is 3.25. The van der Waals surface area contributed by atoms with Crippen molar-refractivity contribution in [3.63, 3.8) is 0 Å². The Balaban J connectivity index is 1.29. The number of carbonyl (C=O) groups excluding carboxylic acids is 1. The van der Waals surface area contributed by atoms with Crippen LogP contribution < -0.4 is 14.4 Å². The highest BCUT2D eigenvalue weighted by Crippen LogP contribution is 2.46. The molecule has 2 aromatic rings. The molecule has 272 valence electrons. The summed E-state index contributed by atoms with van der Waals surface area (Å²) in [4.78, 5) is 16.1. The molecule has 0 unspecified atom stereocenters. The highest BCUT2D eigenvalue weighted by molar-refractivity contribution is 7.90. The van der Waals surface area contributed by atoms with Crippen LogP contribution in [0.3, 0.4) is 0 Å². The Kier molecular flexibility index (Phi) is 12.0. The van der Waals surface area contributed by atoms with Crippen LogP contribution in [-0.2, 0) is 26.6 Å². The summed E-state index contributed by atoms with van der Waals surface area (Å²) in [5.74, 6) is 0.424. The number of allylic oxidation sites excluding steroid dienone is 2. The van der Waals surface area contributed by atoms with Gasteiger partial charge in [0.1, 0.15) is 5.75 Å². The lowest BCUT2D eigenvalue weighted by Gasteiger charge is -2.45. The van der Waals surface area contributed by atoms with Crippen LogP contribution >= 0.6 is 11.6 Å². The normalized spacial score (nSPS) is 26.0. The van der Waals surface area contributed by atoms with Crippen molar-refractivity contribution >= 4 is 33.2 Å². The fourth-order valence-electron chi connectivity index (χ4n) is 8.45. The SMILES string of the molecule is C=CCC[C@@H](C[C@@H]1CCCO1)S(=O)(=O)NC(=O)c1ccc2c(c1)N(C[C@@H]1CC[C@H]1[C@@H](O)/C=C/CCC)C[C@@]1(CCCc3cc(Cl)ccc31)CO2. The van der Waals surface area contributed by atoms with Crippen molar-refractivity contribution in [2.75, 3.05) is 31.2 Å². The van der Waals surface area contributed by atoms with E-state index < -0.39 is 27.3 Å². The van der Waals surface area contributed by atoms with Gasteiger partial charge < -0.3 is 19.5 Å². The predicted octanol–water partition coefficient (Wildman–Crippen LogP) is 7.52. The van der Waals surface area contributed by atoms with Crippen LogP contribution in [0.25, 0.3) is 0 Å². The molecule has 2 aromatic carbocycles. The molecule has 1 spiro atoms. The lowest BCUT2D eigenvalue weighted by Crippen LogP contribution is -2.49. The Morgan fingerprint density at radius 2 is 2.04 bits per heavy atom. The van der Waals surface area contributed by atoms with Crippen molar-refractivity contribution in [3.05, 3.63) is 82.9 Å². The molecular weight excluding hydrogens is 672 g/mol. The second-order valence-electron chi connectivity index (χ2n) is 14.8. The number of aryl methyl sites for hydroxylation is 1. The molecule has 1 amide bonds. The van der Waals surface area contributed by atoms with E-state index in [9.17, 15) is 18.3 Å². The second kappa shape index (κ2) is 16.2. The molecule has 10 heteroatoms. The van der Waals surface area contributed by atoms with Gasteiger partial charge in [-0.25, -0.2) is 13.1 Å². The summed E-state index contributed by atoms with van der Waals surface area (Å²) in [5, 5.41) is 11.1. The summed E-state index contributed by atoms with van der Waals surface area (Å²) in [6, 6.07) is 11.4. The lowest BCUT2D eigenvalue weighted by atomic mass is 9.68. The van der Waals surface area contributed by atoms with E-state index in [1.807, 2.05) is 12.1 Å². The standard InChI is InChI=1S/C40H53ClN2O6S/c1-3-5-7-13-37(44)34-17-14-30(34)25-43-26-40(20-8-10-28-22-31(41)16-18-35(28)40)27-49-38-19-15-29(23-36(38)43)39(45)42-50(46,47)33(12-6-4-2)24-32-11-9-21-48-32/h4,7,13,15-16,18-19,22-23,30,32-34,37,44H,2-3,5-6,8-12,14,17,20-21,24-27H2,1H3,(H,42,45)/b13-7+/t30-,32-,33-,34+,37-,40-/m0/s1. The van der Waals surface area contributed by atoms with E-state index in [1.165, 1.54) is 11.1 Å². The van der Waals surface area contributed by atoms with E-state index >= 15 is 0 Å². The van der Waals surface area contributed by atoms with Crippen molar-refractivity contribution in [2.45, 2.75) is 107 Å². The van der Waals surface area contributed by atoms with Gasteiger partial charge in [0.05, 0.1) is 29.8 Å². The first-order valence-electron chi connectivity index (χ1n) is 18.6. The maximum Gasteiger partial charge on any atom is 0.264 e. The minimum absolute atomic E-state index is 0.126. The largest absolute Gasteiger partial charge is 0.490 e. The molecule has 0 radical (unpaired) electrons. The zero-order valence-corrected chi connectivity index (χ0v) is 30.9. The number of aliphatic hydroxyl groups is 1. The Morgan fingerprint density at radius 1 is 1.18 bits per heavy atom. The Hall–Kier alpha value is -2.85. The molecule has 2 aliphatic carbocycles. The molecule has 8 nitrogen and oxygen atoms in total. The van der Waals surface area contributed by atoms with Crippen molar-refractivity contribution in [1.29, 1.82) is 0 Å². The summed E-state index contributed by atoms with van der Waals surface area (Å²) >= 11 is 6.44. The lowest BCUT2D eigenvalue weighted by molar-refractivity contribution is 0.0456. The van der Waals surface area contributed by atoms with Crippen molar-refractivity contribution in [3.8, 4) is 5.75 Å². The predicted molar refractivity (Wildman–Crippen MR) is 200 cm³/mol. The Labute approximate surface area is 303 Å². The summed E-state index contributed by atoms with van der Waals surface area (Å²) in [6.45, 7) is 8.38. The molecule has 2 aliphatic heterocycles. The zero-order chi connectivity index (χ0) is 35.3. The van der Waals surface area contributed by atoms with E-state index in [-0.39, 0.29) is 28.9 Å². The van der Waals surface area contributed by atoms with E-state index in [0.29, 0.717) is 51.3 Å². The van der Waals surface area contributed by atoms with Gasteiger partial charge in [-0.15, -0.1) is 6.58 Å². The molecule has 2 fully saturated rings. The summed E-state index contributed by atoms with van der Waals surface area (Å²) in [6.07, 6.45) is 15.0. The third kappa shape index (κ3) is 8.27. The minimum atomic E-state index is -3.99. The highest BCUT2D eigenvalue weighted by Gasteiger charge is 2.44. The number of unbranched alkanes of at least 4 members (excludes halogenated alkanes) is 1. The van der Waals surface area contributed by atoms with Gasteiger partial charge in [0.15, 0.2) is 0 Å². The fourth-order valence-corrected chi connectivity index (χ4v) is 10.1. The van der Waals surface area contributed by atoms with Gasteiger partial charge in [-0.1, -0.05) is 49.2 Å². The molecule has 6 atom stereocenters. The topological polar surface area (TPSA) is 105 Å². The van der Waals surface area contributed by atoms with Gasteiger partial charge in [0.25, 0.3) is 5.91 Å². The quantitative estimate of drug-likeness (QED) is 0.194. The maximum atomic E-state index is 13.7. The number of sulfonamides is 1. The van der Waals surface area contributed by atoms with Crippen LogP contribution in [0.2, 0.25) is 5.02 Å². The summed E-state index contributed by atoms with van der Waals surface area (Å²) in [7, 11) is -3.99. The van der Waals surface area contributed by atoms with Crippen LogP contribution in [0.1, 0.15) is 99.0 Å². The number of benzene rings is 2. The number of amides is 1. The smallest absolute Gasteiger partial charge is 0.264 e. The van der Waals surface area contributed by atoms with Crippen molar-refractivity contribution in [1.82, 2.24) is 4.72 Å². The third-order valence-electron chi connectivity index (χ3n) is 11.4. The Bertz CT molecular complexity index is 1660. The van der Waals surface area contributed by atoms with Crippen LogP contribution in [0.15, 0.2) is 61.2 Å². The molecule has 0 bridgehead atoms.